The third-order valence-corrected chi connectivity index (χ3v) is 9.18. The number of benzene rings is 7. The third-order valence-electron chi connectivity index (χ3n) is 9.18. The molecule has 0 fully saturated rings. The maximum atomic E-state index is 6.63. The summed E-state index contributed by atoms with van der Waals surface area (Å²) >= 11 is 0. The van der Waals surface area contributed by atoms with E-state index < -0.39 is 0 Å². The van der Waals surface area contributed by atoms with Gasteiger partial charge in [0.25, 0.3) is 0 Å². The summed E-state index contributed by atoms with van der Waals surface area (Å²) in [5.74, 6) is 2.47. The highest BCUT2D eigenvalue weighted by atomic mass is 16.4. The maximum Gasteiger partial charge on any atom is 0.227 e. The summed E-state index contributed by atoms with van der Waals surface area (Å²) in [4.78, 5) is 19.7. The Morgan fingerprint density at radius 3 is 1.58 bits per heavy atom. The van der Waals surface area contributed by atoms with Crippen molar-refractivity contribution in [2.45, 2.75) is 0 Å². The van der Waals surface area contributed by atoms with Crippen LogP contribution in [0.1, 0.15) is 0 Å². The van der Waals surface area contributed by atoms with Crippen molar-refractivity contribution in [1.29, 1.82) is 0 Å². The predicted octanol–water partition coefficient (Wildman–Crippen LogP) is 11.4. The summed E-state index contributed by atoms with van der Waals surface area (Å²) in [6, 6.07) is 53.0. The van der Waals surface area contributed by atoms with Crippen LogP contribution in [0.4, 0.5) is 0 Å². The van der Waals surface area contributed by atoms with Gasteiger partial charge in [-0.3, -0.25) is 0 Å². The first kappa shape index (κ1) is 28.1. The van der Waals surface area contributed by atoms with Gasteiger partial charge < -0.3 is 8.83 Å². The van der Waals surface area contributed by atoms with Gasteiger partial charge in [0.15, 0.2) is 23.1 Å². The minimum Gasteiger partial charge on any atom is -0.455 e. The summed E-state index contributed by atoms with van der Waals surface area (Å²) in [5, 5.41) is 4.13. The first-order chi connectivity index (χ1) is 24.8. The molecule has 3 aromatic heterocycles. The minimum absolute atomic E-state index is 0.592. The highest BCUT2D eigenvalue weighted by Gasteiger charge is 2.20. The number of hydrogen-bond acceptors (Lipinski definition) is 6. The first-order valence-corrected chi connectivity index (χ1v) is 16.5. The molecule has 0 aliphatic carbocycles. The van der Waals surface area contributed by atoms with Gasteiger partial charge in [-0.05, 0) is 40.6 Å². The van der Waals surface area contributed by atoms with Crippen LogP contribution in [0.15, 0.2) is 167 Å². The molecular formula is C44H26N4O2. The molecule has 10 aromatic rings. The highest BCUT2D eigenvalue weighted by molar-refractivity contribution is 6.15. The second-order valence-corrected chi connectivity index (χ2v) is 12.2. The molecule has 0 saturated heterocycles. The molecule has 3 heterocycles. The Hall–Kier alpha value is -6.92. The fraction of sp³-hybridized carbons (Fsp3) is 0. The summed E-state index contributed by atoms with van der Waals surface area (Å²) in [5.41, 5.74) is 8.84. The zero-order valence-corrected chi connectivity index (χ0v) is 26.6. The van der Waals surface area contributed by atoms with Gasteiger partial charge in [-0.2, -0.15) is 0 Å². The van der Waals surface area contributed by atoms with Gasteiger partial charge in [-0.25, -0.2) is 19.9 Å². The predicted molar refractivity (Wildman–Crippen MR) is 199 cm³/mol. The Morgan fingerprint density at radius 1 is 0.340 bits per heavy atom. The molecule has 6 nitrogen and oxygen atoms in total. The first-order valence-electron chi connectivity index (χ1n) is 16.5. The summed E-state index contributed by atoms with van der Waals surface area (Å²) in [6.45, 7) is 0. The van der Waals surface area contributed by atoms with Crippen molar-refractivity contribution in [2.24, 2.45) is 0 Å². The van der Waals surface area contributed by atoms with E-state index in [2.05, 4.69) is 60.7 Å². The smallest absolute Gasteiger partial charge is 0.227 e. The molecule has 7 aromatic carbocycles. The minimum atomic E-state index is 0.592. The van der Waals surface area contributed by atoms with Crippen LogP contribution in [0.5, 0.6) is 0 Å². The van der Waals surface area contributed by atoms with Gasteiger partial charge in [0.2, 0.25) is 5.89 Å². The molecule has 0 N–H and O–H groups in total. The number of furan rings is 1. The van der Waals surface area contributed by atoms with Gasteiger partial charge in [0.1, 0.15) is 16.7 Å². The standard InChI is InChI=1S/C44H26N4O2/c1-4-13-27(14-5-1)41-46-42(28-15-6-2-7-16-28)48-43(47-41)35-24-23-32(30-19-10-11-20-31(30)35)33-21-12-22-34-36-25-37-39(26-38(36)49-40(33)34)50-44(45-37)29-17-8-3-9-18-29/h1-26H. The van der Waals surface area contributed by atoms with Crippen molar-refractivity contribution in [3.05, 3.63) is 158 Å². The summed E-state index contributed by atoms with van der Waals surface area (Å²) < 4.78 is 12.8. The molecule has 10 rings (SSSR count). The van der Waals surface area contributed by atoms with Gasteiger partial charge >= 0.3 is 0 Å². The Kier molecular flexibility index (Phi) is 6.39. The molecule has 0 spiro atoms. The number of nitrogens with zero attached hydrogens (tertiary/aromatic N) is 4. The Balaban J connectivity index is 1.14. The number of hydrogen-bond donors (Lipinski definition) is 0. The molecular weight excluding hydrogens is 617 g/mol. The lowest BCUT2D eigenvalue weighted by molar-refractivity contribution is 0.617. The molecule has 0 aliphatic heterocycles. The molecule has 50 heavy (non-hydrogen) atoms. The van der Waals surface area contributed by atoms with E-state index in [1.807, 2.05) is 97.1 Å². The molecule has 6 heteroatoms. The van der Waals surface area contributed by atoms with Crippen molar-refractivity contribution in [3.8, 4) is 56.7 Å². The molecule has 0 aliphatic rings. The number of para-hydroxylation sites is 1. The lowest BCUT2D eigenvalue weighted by Gasteiger charge is -2.13. The van der Waals surface area contributed by atoms with Crippen molar-refractivity contribution in [3.63, 3.8) is 0 Å². The zero-order valence-electron chi connectivity index (χ0n) is 26.6. The van der Waals surface area contributed by atoms with Gasteiger partial charge in [-0.1, -0.05) is 127 Å². The Morgan fingerprint density at radius 2 is 0.900 bits per heavy atom. The number of fused-ring (bicyclic) bond motifs is 5. The lowest BCUT2D eigenvalue weighted by atomic mass is 9.93. The molecule has 0 amide bonds. The normalized spacial score (nSPS) is 11.6. The van der Waals surface area contributed by atoms with Gasteiger partial charge in [0, 0.05) is 44.7 Å². The quantitative estimate of drug-likeness (QED) is 0.186. The van der Waals surface area contributed by atoms with E-state index in [0.717, 1.165) is 71.6 Å². The largest absolute Gasteiger partial charge is 0.455 e. The van der Waals surface area contributed by atoms with E-state index in [0.29, 0.717) is 28.9 Å². The van der Waals surface area contributed by atoms with Crippen LogP contribution >= 0.6 is 0 Å². The van der Waals surface area contributed by atoms with E-state index in [9.17, 15) is 0 Å². The topological polar surface area (TPSA) is 77.8 Å². The molecule has 0 saturated carbocycles. The van der Waals surface area contributed by atoms with Crippen LogP contribution in [0.25, 0.3) is 101 Å². The SMILES string of the molecule is c1ccc(-c2nc(-c3ccccc3)nc(-c3ccc(-c4cccc5c4oc4cc6oc(-c7ccccc7)nc6cc45)c4ccccc34)n2)cc1. The highest BCUT2D eigenvalue weighted by Crippen LogP contribution is 2.42. The number of aromatic nitrogens is 4. The number of rotatable bonds is 5. The summed E-state index contributed by atoms with van der Waals surface area (Å²) in [6.07, 6.45) is 0. The van der Waals surface area contributed by atoms with E-state index in [4.69, 9.17) is 28.8 Å². The van der Waals surface area contributed by atoms with E-state index >= 15 is 0 Å². The Bertz CT molecular complexity index is 2800. The van der Waals surface area contributed by atoms with Crippen molar-refractivity contribution in [2.75, 3.05) is 0 Å². The summed E-state index contributed by atoms with van der Waals surface area (Å²) in [7, 11) is 0. The maximum absolute atomic E-state index is 6.63. The van der Waals surface area contributed by atoms with Crippen LogP contribution in [0, 0.1) is 0 Å². The van der Waals surface area contributed by atoms with Crippen molar-refractivity contribution < 1.29 is 8.83 Å². The second-order valence-electron chi connectivity index (χ2n) is 12.2. The van der Waals surface area contributed by atoms with Crippen LogP contribution in [-0.2, 0) is 0 Å². The van der Waals surface area contributed by atoms with Crippen LogP contribution < -0.4 is 0 Å². The molecule has 0 atom stereocenters. The Labute approximate surface area is 286 Å². The zero-order chi connectivity index (χ0) is 33.0. The van der Waals surface area contributed by atoms with E-state index in [-0.39, 0.29) is 0 Å². The van der Waals surface area contributed by atoms with E-state index in [1.54, 1.807) is 0 Å². The molecule has 234 valence electrons. The van der Waals surface area contributed by atoms with Crippen molar-refractivity contribution in [1.82, 2.24) is 19.9 Å². The van der Waals surface area contributed by atoms with Gasteiger partial charge in [0.05, 0.1) is 0 Å². The average Bonchev–Trinajstić information content (AvgIpc) is 3.78. The van der Waals surface area contributed by atoms with Crippen LogP contribution in [0.3, 0.4) is 0 Å². The monoisotopic (exact) mass is 642 g/mol. The fourth-order valence-electron chi connectivity index (χ4n) is 6.79. The van der Waals surface area contributed by atoms with Crippen molar-refractivity contribution >= 4 is 43.8 Å². The molecule has 0 bridgehead atoms. The van der Waals surface area contributed by atoms with Crippen LogP contribution in [0.2, 0.25) is 0 Å². The lowest BCUT2D eigenvalue weighted by Crippen LogP contribution is -2.00. The van der Waals surface area contributed by atoms with Gasteiger partial charge in [-0.15, -0.1) is 0 Å². The van der Waals surface area contributed by atoms with Crippen LogP contribution in [-0.4, -0.2) is 19.9 Å². The average molecular weight is 643 g/mol. The fourth-order valence-corrected chi connectivity index (χ4v) is 6.79. The third kappa shape index (κ3) is 4.65. The number of oxazole rings is 1. The second kappa shape index (κ2) is 11.4. The van der Waals surface area contributed by atoms with E-state index in [1.165, 1.54) is 0 Å². The molecule has 0 unspecified atom stereocenters. The molecule has 0 radical (unpaired) electrons.